The molecule has 1 saturated heterocycles. The summed E-state index contributed by atoms with van der Waals surface area (Å²) in [6, 6.07) is 7.00. The highest BCUT2D eigenvalue weighted by atomic mass is 16.6. The molecular weight excluding hydrogens is 512 g/mol. The van der Waals surface area contributed by atoms with E-state index in [0.29, 0.717) is 36.8 Å². The van der Waals surface area contributed by atoms with Gasteiger partial charge in [-0.05, 0) is 45.0 Å². The van der Waals surface area contributed by atoms with Crippen LogP contribution in [0.5, 0.6) is 17.2 Å². The van der Waals surface area contributed by atoms with Gasteiger partial charge in [-0.2, -0.15) is 0 Å². The van der Waals surface area contributed by atoms with Crippen molar-refractivity contribution in [1.82, 2.24) is 19.3 Å². The van der Waals surface area contributed by atoms with Crippen LogP contribution < -0.4 is 14.2 Å². The molecule has 0 spiro atoms. The summed E-state index contributed by atoms with van der Waals surface area (Å²) in [5, 5.41) is 0. The molecule has 0 radical (unpaired) electrons. The van der Waals surface area contributed by atoms with E-state index in [9.17, 15) is 14.4 Å². The lowest BCUT2D eigenvalue weighted by molar-refractivity contribution is -0.143. The SMILES string of the molecule is COc1ccc(-n2c(C(=O)N(C)C)c(OC(=O)C(C)(C)C)c3c2C(=O)N2CCN(C)C(=C(C(C)(C)C)O3)C2)cc1. The van der Waals surface area contributed by atoms with E-state index in [1.165, 1.54) is 4.90 Å². The lowest BCUT2D eigenvalue weighted by Crippen LogP contribution is -2.48. The van der Waals surface area contributed by atoms with Crippen LogP contribution in [0, 0.1) is 10.8 Å². The molecule has 40 heavy (non-hydrogen) atoms. The average molecular weight is 553 g/mol. The van der Waals surface area contributed by atoms with E-state index in [-0.39, 0.29) is 28.8 Å². The summed E-state index contributed by atoms with van der Waals surface area (Å²) in [7, 11) is 6.75. The fourth-order valence-corrected chi connectivity index (χ4v) is 4.65. The Morgan fingerprint density at radius 3 is 2.15 bits per heavy atom. The molecule has 3 heterocycles. The summed E-state index contributed by atoms with van der Waals surface area (Å²) in [6.07, 6.45) is 0. The number of likely N-dealkylation sites (N-methyl/N-ethyl adjacent to an activating group) is 1. The van der Waals surface area contributed by atoms with E-state index >= 15 is 0 Å². The second-order valence-electron chi connectivity index (χ2n) is 12.5. The van der Waals surface area contributed by atoms with Crippen LogP contribution in [0.3, 0.4) is 0 Å². The predicted octanol–water partition coefficient (Wildman–Crippen LogP) is 4.18. The number of carbonyl (C=O) groups is 3. The van der Waals surface area contributed by atoms with E-state index in [1.807, 2.05) is 27.8 Å². The Hall–Kier alpha value is -3.95. The molecule has 1 aromatic heterocycles. The minimum absolute atomic E-state index is 0.0235. The number of fused-ring (bicyclic) bond motifs is 3. The van der Waals surface area contributed by atoms with Crippen molar-refractivity contribution in [3.63, 3.8) is 0 Å². The van der Waals surface area contributed by atoms with Crippen molar-refractivity contribution in [3.8, 4) is 22.9 Å². The zero-order chi connectivity index (χ0) is 29.7. The van der Waals surface area contributed by atoms with Crippen molar-refractivity contribution < 1.29 is 28.6 Å². The van der Waals surface area contributed by atoms with E-state index in [1.54, 1.807) is 75.7 Å². The van der Waals surface area contributed by atoms with Gasteiger partial charge in [-0.15, -0.1) is 0 Å². The predicted molar refractivity (Wildman–Crippen MR) is 151 cm³/mol. The molecule has 0 unspecified atom stereocenters. The third-order valence-electron chi connectivity index (χ3n) is 6.97. The number of methoxy groups -OCH3 is 1. The summed E-state index contributed by atoms with van der Waals surface area (Å²) in [6.45, 7) is 12.7. The highest BCUT2D eigenvalue weighted by Gasteiger charge is 2.43. The monoisotopic (exact) mass is 552 g/mol. The molecule has 0 N–H and O–H groups in total. The van der Waals surface area contributed by atoms with Crippen LogP contribution in [0.4, 0.5) is 0 Å². The Morgan fingerprint density at radius 1 is 1.00 bits per heavy atom. The number of esters is 1. The molecule has 10 heteroatoms. The Bertz CT molecular complexity index is 1370. The quantitative estimate of drug-likeness (QED) is 0.526. The molecule has 2 bridgehead atoms. The van der Waals surface area contributed by atoms with Gasteiger partial charge in [-0.1, -0.05) is 20.8 Å². The highest BCUT2D eigenvalue weighted by Crippen LogP contribution is 2.47. The summed E-state index contributed by atoms with van der Waals surface area (Å²) >= 11 is 0. The van der Waals surface area contributed by atoms with Crippen LogP contribution in [-0.4, -0.2) is 84.9 Å². The molecule has 0 saturated carbocycles. The number of rotatable bonds is 4. The number of piperazine rings is 1. The van der Waals surface area contributed by atoms with E-state index in [0.717, 1.165) is 5.70 Å². The lowest BCUT2D eigenvalue weighted by Gasteiger charge is -2.40. The Kier molecular flexibility index (Phi) is 7.42. The fourth-order valence-electron chi connectivity index (χ4n) is 4.65. The zero-order valence-electron chi connectivity index (χ0n) is 25.2. The van der Waals surface area contributed by atoms with Crippen LogP contribution in [0.25, 0.3) is 5.69 Å². The van der Waals surface area contributed by atoms with Crippen molar-refractivity contribution >= 4 is 17.8 Å². The maximum absolute atomic E-state index is 14.3. The first-order chi connectivity index (χ1) is 18.6. The number of allylic oxidation sites excluding steroid dienone is 1. The van der Waals surface area contributed by atoms with Gasteiger partial charge in [-0.25, -0.2) is 0 Å². The van der Waals surface area contributed by atoms with E-state index < -0.39 is 22.7 Å². The fraction of sp³-hybridized carbons (Fsp3) is 0.500. The lowest BCUT2D eigenvalue weighted by atomic mass is 9.91. The van der Waals surface area contributed by atoms with Crippen LogP contribution in [0.2, 0.25) is 0 Å². The van der Waals surface area contributed by atoms with Crippen molar-refractivity contribution in [2.75, 3.05) is 47.9 Å². The second kappa shape index (κ2) is 10.2. The van der Waals surface area contributed by atoms with Crippen LogP contribution in [0.15, 0.2) is 35.7 Å². The number of carbonyl (C=O) groups excluding carboxylic acids is 3. The highest BCUT2D eigenvalue weighted by molar-refractivity contribution is 6.05. The molecule has 10 nitrogen and oxygen atoms in total. The summed E-state index contributed by atoms with van der Waals surface area (Å²) in [4.78, 5) is 46.7. The molecule has 0 aliphatic carbocycles. The first-order valence-electron chi connectivity index (χ1n) is 13.3. The van der Waals surface area contributed by atoms with Gasteiger partial charge in [0.15, 0.2) is 11.4 Å². The molecule has 2 aliphatic rings. The maximum atomic E-state index is 14.3. The summed E-state index contributed by atoms with van der Waals surface area (Å²) in [5.74, 6) is -0.114. The zero-order valence-corrected chi connectivity index (χ0v) is 25.2. The van der Waals surface area contributed by atoms with Gasteiger partial charge in [0.2, 0.25) is 11.5 Å². The van der Waals surface area contributed by atoms with Gasteiger partial charge >= 0.3 is 5.97 Å². The van der Waals surface area contributed by atoms with Crippen LogP contribution >= 0.6 is 0 Å². The molecule has 216 valence electrons. The van der Waals surface area contributed by atoms with Crippen molar-refractivity contribution in [3.05, 3.63) is 47.1 Å². The Morgan fingerprint density at radius 2 is 1.62 bits per heavy atom. The number of amides is 2. The molecule has 0 atom stereocenters. The molecule has 2 amide bonds. The molecule has 2 aromatic rings. The molecular formula is C30H40N4O6. The number of aromatic nitrogens is 1. The van der Waals surface area contributed by atoms with Gasteiger partial charge in [0.05, 0.1) is 24.8 Å². The second-order valence-corrected chi connectivity index (χ2v) is 12.5. The first-order valence-corrected chi connectivity index (χ1v) is 13.3. The number of hydrogen-bond acceptors (Lipinski definition) is 7. The number of nitrogens with zero attached hydrogens (tertiary/aromatic N) is 4. The minimum atomic E-state index is -0.884. The van der Waals surface area contributed by atoms with E-state index in [2.05, 4.69) is 4.90 Å². The van der Waals surface area contributed by atoms with Crippen LogP contribution in [-0.2, 0) is 4.79 Å². The number of hydrogen-bond donors (Lipinski definition) is 0. The number of benzene rings is 1. The minimum Gasteiger partial charge on any atom is -0.497 e. The number of ether oxygens (including phenoxy) is 3. The average Bonchev–Trinajstić information content (AvgIpc) is 3.17. The first kappa shape index (κ1) is 29.0. The van der Waals surface area contributed by atoms with Gasteiger partial charge in [0.1, 0.15) is 11.5 Å². The largest absolute Gasteiger partial charge is 0.497 e. The maximum Gasteiger partial charge on any atom is 0.316 e. The topological polar surface area (TPSA) is 93.5 Å². The van der Waals surface area contributed by atoms with E-state index in [4.69, 9.17) is 14.2 Å². The third kappa shape index (κ3) is 5.14. The smallest absolute Gasteiger partial charge is 0.316 e. The molecule has 1 fully saturated rings. The van der Waals surface area contributed by atoms with Crippen molar-refractivity contribution in [2.24, 2.45) is 10.8 Å². The molecule has 2 aliphatic heterocycles. The standard InChI is InChI=1S/C30H40N4O6/c1-29(2,3)25-20-17-33(16-15-32(20)9)27(36)22-23(39-25)24(40-28(37)30(4,5)6)21(26(35)31(7)8)34(22)18-11-13-19(38-10)14-12-18/h11-14H,15-17H2,1-10H3. The Labute approximate surface area is 236 Å². The summed E-state index contributed by atoms with van der Waals surface area (Å²) in [5.41, 5.74) is 0.179. The molecule has 4 rings (SSSR count). The van der Waals surface area contributed by atoms with Gasteiger partial charge < -0.3 is 28.9 Å². The van der Waals surface area contributed by atoms with Gasteiger partial charge in [0.25, 0.3) is 11.8 Å². The molecule has 1 aromatic carbocycles. The van der Waals surface area contributed by atoms with Gasteiger partial charge in [-0.3, -0.25) is 19.0 Å². The normalized spacial score (nSPS) is 15.7. The summed E-state index contributed by atoms with van der Waals surface area (Å²) < 4.78 is 19.6. The van der Waals surface area contributed by atoms with Gasteiger partial charge in [0, 0.05) is 45.3 Å². The van der Waals surface area contributed by atoms with Crippen molar-refractivity contribution in [2.45, 2.75) is 41.5 Å². The third-order valence-corrected chi connectivity index (χ3v) is 6.97. The van der Waals surface area contributed by atoms with Crippen LogP contribution in [0.1, 0.15) is 62.5 Å². The Balaban J connectivity index is 2.15. The van der Waals surface area contributed by atoms with Crippen molar-refractivity contribution in [1.29, 1.82) is 0 Å².